The Morgan fingerprint density at radius 1 is 0.838 bits per heavy atom. The van der Waals surface area contributed by atoms with Gasteiger partial charge in [-0.05, 0) is 19.3 Å². The van der Waals surface area contributed by atoms with Crippen LogP contribution in [-0.2, 0) is 38.3 Å². The molecule has 0 spiro atoms. The largest absolute Gasteiger partial charge is 0.726 e. The summed E-state index contributed by atoms with van der Waals surface area (Å²) in [5.41, 5.74) is 0. The second-order valence-electron chi connectivity index (χ2n) is 7.90. The standard InChI is InChI=1S/C12H24O7.C6H12O3.C4H10O4S/c1-2-3-4-17-5-6-18-12-11(16)10(15)9(14)8(7-13)19-12;1-2-3-4-9-5-6(7)8;1-2-3-4-8-9(5,6)7/h8-16H,2-7H2,1H3;2-5H2,1H3,(H,7,8);2-4H2,1H3,(H,5,6,7)/p-2. The molecule has 1 aliphatic heterocycles. The van der Waals surface area contributed by atoms with Gasteiger partial charge in [-0.15, -0.1) is 0 Å². The van der Waals surface area contributed by atoms with E-state index in [1.54, 1.807) is 0 Å². The van der Waals surface area contributed by atoms with Crippen LogP contribution in [0.3, 0.4) is 0 Å². The van der Waals surface area contributed by atoms with Crippen molar-refractivity contribution < 1.29 is 66.4 Å². The molecule has 5 unspecified atom stereocenters. The molecule has 37 heavy (non-hydrogen) atoms. The lowest BCUT2D eigenvalue weighted by molar-refractivity contribution is -0.309. The molecule has 14 nitrogen and oxygen atoms in total. The van der Waals surface area contributed by atoms with E-state index >= 15 is 0 Å². The molecule has 15 heteroatoms. The molecule has 0 aliphatic carbocycles. The third kappa shape index (κ3) is 22.7. The molecule has 0 aromatic heterocycles. The van der Waals surface area contributed by atoms with Gasteiger partial charge in [-0.1, -0.05) is 40.0 Å². The van der Waals surface area contributed by atoms with Gasteiger partial charge in [0.05, 0.1) is 39.0 Å². The summed E-state index contributed by atoms with van der Waals surface area (Å²) in [5, 5.41) is 47.5. The van der Waals surface area contributed by atoms with Gasteiger partial charge >= 0.3 is 0 Å². The molecular formula is C22H44O14S-2. The Balaban J connectivity index is 0. The number of rotatable bonds is 17. The van der Waals surface area contributed by atoms with Crippen LogP contribution >= 0.6 is 0 Å². The predicted molar refractivity (Wildman–Crippen MR) is 127 cm³/mol. The number of carbonyl (C=O) groups is 1. The minimum absolute atomic E-state index is 0.00231. The predicted octanol–water partition coefficient (Wildman–Crippen LogP) is -1.56. The molecule has 1 fully saturated rings. The molecule has 1 saturated heterocycles. The number of carbonyl (C=O) groups excluding carboxylic acids is 1. The highest BCUT2D eigenvalue weighted by molar-refractivity contribution is 7.80. The number of aliphatic hydroxyl groups is 4. The molecule has 5 atom stereocenters. The molecule has 1 aliphatic rings. The van der Waals surface area contributed by atoms with Crippen molar-refractivity contribution in [3.63, 3.8) is 0 Å². The van der Waals surface area contributed by atoms with Crippen LogP contribution in [0.15, 0.2) is 0 Å². The zero-order valence-electron chi connectivity index (χ0n) is 21.9. The highest BCUT2D eigenvalue weighted by Gasteiger charge is 2.43. The highest BCUT2D eigenvalue weighted by Crippen LogP contribution is 2.21. The topological polar surface area (TPSA) is 224 Å². The maximum absolute atomic E-state index is 9.73. The van der Waals surface area contributed by atoms with Crippen molar-refractivity contribution in [3.8, 4) is 0 Å². The Kier molecular flexibility index (Phi) is 24.8. The lowest BCUT2D eigenvalue weighted by Gasteiger charge is -2.39. The Hall–Kier alpha value is -0.980. The van der Waals surface area contributed by atoms with Crippen LogP contribution in [0.5, 0.6) is 0 Å². The highest BCUT2D eigenvalue weighted by atomic mass is 32.3. The molecule has 1 heterocycles. The van der Waals surface area contributed by atoms with Crippen LogP contribution in [0.25, 0.3) is 0 Å². The number of ether oxygens (including phenoxy) is 4. The van der Waals surface area contributed by atoms with Crippen LogP contribution in [0.4, 0.5) is 0 Å². The first-order chi connectivity index (χ1) is 17.4. The average Bonchev–Trinajstić information content (AvgIpc) is 2.84. The minimum atomic E-state index is -4.45. The van der Waals surface area contributed by atoms with Crippen LogP contribution in [0.1, 0.15) is 59.3 Å². The fourth-order valence-corrected chi connectivity index (χ4v) is 2.81. The smallest absolute Gasteiger partial charge is 0.217 e. The maximum atomic E-state index is 9.73. The summed E-state index contributed by atoms with van der Waals surface area (Å²) < 4.78 is 53.4. The van der Waals surface area contributed by atoms with Gasteiger partial charge in [0.15, 0.2) is 6.29 Å². The number of aliphatic hydroxyl groups excluding tert-OH is 4. The fourth-order valence-electron chi connectivity index (χ4n) is 2.48. The Morgan fingerprint density at radius 2 is 1.38 bits per heavy atom. The van der Waals surface area contributed by atoms with Crippen molar-refractivity contribution in [2.45, 2.75) is 90.0 Å². The Labute approximate surface area is 219 Å². The Morgan fingerprint density at radius 3 is 1.86 bits per heavy atom. The minimum Gasteiger partial charge on any atom is -0.726 e. The lowest BCUT2D eigenvalue weighted by atomic mass is 9.99. The molecule has 0 radical (unpaired) electrons. The number of unbranched alkanes of at least 4 members (excludes halogenated alkanes) is 3. The maximum Gasteiger partial charge on any atom is 0.217 e. The van der Waals surface area contributed by atoms with E-state index in [0.717, 1.165) is 32.1 Å². The molecular weight excluding hydrogens is 520 g/mol. The molecule has 224 valence electrons. The first-order valence-corrected chi connectivity index (χ1v) is 13.7. The van der Waals surface area contributed by atoms with E-state index in [1.807, 2.05) is 13.8 Å². The van der Waals surface area contributed by atoms with Gasteiger partial charge in [0.25, 0.3) is 0 Å². The monoisotopic (exact) mass is 564 g/mol. The van der Waals surface area contributed by atoms with Gasteiger partial charge in [-0.25, -0.2) is 8.42 Å². The number of aliphatic carboxylic acids is 1. The SMILES string of the molecule is CCCCOCC(=O)[O-].CCCCOCCOC1OC(CO)C(O)C(O)C1O.CCCCOS(=O)(=O)[O-]. The van der Waals surface area contributed by atoms with Gasteiger partial charge in [-0.3, -0.25) is 4.18 Å². The van der Waals surface area contributed by atoms with Crippen LogP contribution in [0.2, 0.25) is 0 Å². The second-order valence-corrected chi connectivity index (χ2v) is 8.95. The van der Waals surface area contributed by atoms with Crippen molar-refractivity contribution in [2.75, 3.05) is 46.2 Å². The number of hydrogen-bond donors (Lipinski definition) is 4. The van der Waals surface area contributed by atoms with Crippen molar-refractivity contribution in [1.29, 1.82) is 0 Å². The first kappa shape index (κ1) is 38.2. The second kappa shape index (κ2) is 24.1. The van der Waals surface area contributed by atoms with Crippen molar-refractivity contribution in [1.82, 2.24) is 0 Å². The Bertz CT molecular complexity index is 631. The fraction of sp³-hybridized carbons (Fsp3) is 0.955. The summed E-state index contributed by atoms with van der Waals surface area (Å²) >= 11 is 0. The van der Waals surface area contributed by atoms with Gasteiger partial charge in [0.2, 0.25) is 10.4 Å². The van der Waals surface area contributed by atoms with Crippen LogP contribution in [0, 0.1) is 0 Å². The van der Waals surface area contributed by atoms with E-state index in [-0.39, 0.29) is 19.8 Å². The summed E-state index contributed by atoms with van der Waals surface area (Å²) in [6.07, 6.45) is -0.772. The third-order valence-corrected chi connectivity index (χ3v) is 5.04. The van der Waals surface area contributed by atoms with Crippen molar-refractivity contribution in [2.24, 2.45) is 0 Å². The molecule has 0 amide bonds. The molecule has 0 aromatic carbocycles. The normalized spacial score (nSPS) is 23.4. The van der Waals surface area contributed by atoms with Gasteiger partial charge in [0.1, 0.15) is 24.4 Å². The summed E-state index contributed by atoms with van der Waals surface area (Å²) in [5.74, 6) is -1.15. The summed E-state index contributed by atoms with van der Waals surface area (Å²) in [6, 6.07) is 0. The zero-order valence-corrected chi connectivity index (χ0v) is 22.7. The van der Waals surface area contributed by atoms with Gasteiger partial charge in [0, 0.05) is 13.2 Å². The van der Waals surface area contributed by atoms with Crippen molar-refractivity contribution in [3.05, 3.63) is 0 Å². The van der Waals surface area contributed by atoms with E-state index < -0.39 is 53.7 Å². The number of carboxylic acid groups (broad SMARTS) is 1. The van der Waals surface area contributed by atoms with E-state index in [2.05, 4.69) is 15.8 Å². The third-order valence-electron chi connectivity index (χ3n) is 4.59. The number of hydrogen-bond acceptors (Lipinski definition) is 14. The van der Waals surface area contributed by atoms with Crippen LogP contribution in [-0.4, -0.2) is 116 Å². The number of carboxylic acids is 1. The summed E-state index contributed by atoms with van der Waals surface area (Å²) in [4.78, 5) is 9.73. The van der Waals surface area contributed by atoms with Crippen molar-refractivity contribution >= 4 is 16.4 Å². The van der Waals surface area contributed by atoms with E-state index in [4.69, 9.17) is 19.3 Å². The average molecular weight is 565 g/mol. The van der Waals surface area contributed by atoms with E-state index in [0.29, 0.717) is 26.2 Å². The van der Waals surface area contributed by atoms with E-state index in [9.17, 15) is 38.2 Å². The lowest BCUT2D eigenvalue weighted by Crippen LogP contribution is -2.59. The molecule has 1 rings (SSSR count). The molecule has 0 bridgehead atoms. The summed E-state index contributed by atoms with van der Waals surface area (Å²) in [6.45, 7) is 6.94. The molecule has 4 N–H and O–H groups in total. The van der Waals surface area contributed by atoms with Gasteiger partial charge in [-0.2, -0.15) is 0 Å². The van der Waals surface area contributed by atoms with Crippen LogP contribution < -0.4 is 5.11 Å². The molecule has 0 saturated carbocycles. The first-order valence-electron chi connectivity index (χ1n) is 12.3. The zero-order chi connectivity index (χ0) is 28.7. The van der Waals surface area contributed by atoms with E-state index in [1.165, 1.54) is 0 Å². The molecule has 0 aromatic rings. The summed E-state index contributed by atoms with van der Waals surface area (Å²) in [7, 11) is -4.45. The quantitative estimate of drug-likeness (QED) is 0.0890. The van der Waals surface area contributed by atoms with Gasteiger partial charge < -0.3 is 53.8 Å².